The number of rotatable bonds is 7. The Balaban J connectivity index is 0.00000204. The van der Waals surface area contributed by atoms with E-state index in [1.54, 1.807) is 26.4 Å². The predicted octanol–water partition coefficient (Wildman–Crippen LogP) is 3.91. The average molecular weight is 533 g/mol. The third kappa shape index (κ3) is 6.09. The molecule has 2 N–H and O–H groups in total. The van der Waals surface area contributed by atoms with Crippen LogP contribution >= 0.6 is 36.4 Å². The Hall–Kier alpha value is -2.59. The summed E-state index contributed by atoms with van der Waals surface area (Å²) in [6, 6.07) is 7.72. The molecule has 0 radical (unpaired) electrons. The molecule has 0 aliphatic carbocycles. The number of hydrogen-bond acceptors (Lipinski definition) is 6. The van der Waals surface area contributed by atoms with Gasteiger partial charge in [-0.2, -0.15) is 0 Å². The number of anilines is 1. The van der Waals surface area contributed by atoms with E-state index in [-0.39, 0.29) is 24.8 Å². The molecule has 1 aliphatic heterocycles. The number of benzene rings is 1. The molecular formula is C22H28Cl3N5O4. The first-order valence-corrected chi connectivity index (χ1v) is 10.7. The summed E-state index contributed by atoms with van der Waals surface area (Å²) in [4.78, 5) is 20.0. The van der Waals surface area contributed by atoms with Gasteiger partial charge in [0.2, 0.25) is 0 Å². The van der Waals surface area contributed by atoms with Crippen LogP contribution in [0.3, 0.4) is 0 Å². The van der Waals surface area contributed by atoms with E-state index in [4.69, 9.17) is 31.2 Å². The molecule has 1 saturated heterocycles. The summed E-state index contributed by atoms with van der Waals surface area (Å²) in [6.07, 6.45) is 2.97. The summed E-state index contributed by atoms with van der Waals surface area (Å²) >= 11 is 6.33. The van der Waals surface area contributed by atoms with Crippen molar-refractivity contribution in [3.63, 3.8) is 0 Å². The molecule has 0 saturated carbocycles. The lowest BCUT2D eigenvalue weighted by atomic mass is 10.1. The van der Waals surface area contributed by atoms with Crippen LogP contribution in [0.25, 0.3) is 16.9 Å². The monoisotopic (exact) mass is 531 g/mol. The summed E-state index contributed by atoms with van der Waals surface area (Å²) < 4.78 is 12.8. The minimum atomic E-state index is -0.981. The highest BCUT2D eigenvalue weighted by molar-refractivity contribution is 6.32. The molecule has 9 nitrogen and oxygen atoms in total. The average Bonchev–Trinajstić information content (AvgIpc) is 3.22. The van der Waals surface area contributed by atoms with Crippen LogP contribution in [0.5, 0.6) is 11.5 Å². The third-order valence-corrected chi connectivity index (χ3v) is 5.93. The smallest absolute Gasteiger partial charge is 0.404 e. The van der Waals surface area contributed by atoms with Gasteiger partial charge in [0, 0.05) is 75.0 Å². The molecule has 1 fully saturated rings. The number of carbonyl (C=O) groups is 1. The van der Waals surface area contributed by atoms with Gasteiger partial charge in [-0.1, -0.05) is 11.6 Å². The fourth-order valence-corrected chi connectivity index (χ4v) is 4.15. The second-order valence-electron chi connectivity index (χ2n) is 7.52. The molecule has 1 aliphatic rings. The number of methoxy groups -OCH3 is 2. The van der Waals surface area contributed by atoms with Crippen LogP contribution in [0.2, 0.25) is 5.02 Å². The van der Waals surface area contributed by atoms with Gasteiger partial charge >= 0.3 is 6.09 Å². The Morgan fingerprint density at radius 2 is 1.82 bits per heavy atom. The number of halogens is 3. The highest BCUT2D eigenvalue weighted by Crippen LogP contribution is 2.38. The first-order chi connectivity index (χ1) is 15.5. The van der Waals surface area contributed by atoms with Crippen molar-refractivity contribution in [2.45, 2.75) is 0 Å². The number of hydrogen-bond donors (Lipinski definition) is 2. The van der Waals surface area contributed by atoms with Gasteiger partial charge in [-0.15, -0.1) is 24.8 Å². The number of nitrogens with one attached hydrogen (secondary N) is 1. The van der Waals surface area contributed by atoms with Crippen molar-refractivity contribution >= 4 is 53.8 Å². The summed E-state index contributed by atoms with van der Waals surface area (Å²) in [5, 5.41) is 11.6. The zero-order chi connectivity index (χ0) is 22.7. The highest BCUT2D eigenvalue weighted by Gasteiger charge is 2.19. The first kappa shape index (κ1) is 27.7. The number of fused-ring (bicyclic) bond motifs is 1. The summed E-state index contributed by atoms with van der Waals surface area (Å²) in [5.41, 5.74) is 3.50. The number of piperazine rings is 1. The normalized spacial score (nSPS) is 13.7. The van der Waals surface area contributed by atoms with Gasteiger partial charge in [0.15, 0.2) is 0 Å². The Kier molecular flexibility index (Phi) is 9.93. The van der Waals surface area contributed by atoms with Crippen molar-refractivity contribution in [1.29, 1.82) is 0 Å². The molecule has 3 heterocycles. The van der Waals surface area contributed by atoms with Crippen LogP contribution in [-0.2, 0) is 0 Å². The van der Waals surface area contributed by atoms with Crippen molar-refractivity contribution in [1.82, 2.24) is 19.6 Å². The molecular weight excluding hydrogens is 505 g/mol. The molecule has 2 aromatic heterocycles. The van der Waals surface area contributed by atoms with E-state index >= 15 is 0 Å². The van der Waals surface area contributed by atoms with Gasteiger partial charge in [0.05, 0.1) is 24.9 Å². The molecule has 0 unspecified atom stereocenters. The number of aromatic nitrogens is 2. The molecule has 3 aromatic rings. The number of amides is 1. The van der Waals surface area contributed by atoms with Gasteiger partial charge in [-0.05, 0) is 12.1 Å². The molecule has 0 bridgehead atoms. The Labute approximate surface area is 215 Å². The zero-order valence-corrected chi connectivity index (χ0v) is 21.3. The van der Waals surface area contributed by atoms with E-state index in [0.29, 0.717) is 23.1 Å². The lowest BCUT2D eigenvalue weighted by Gasteiger charge is -2.36. The van der Waals surface area contributed by atoms with Gasteiger partial charge in [-0.25, -0.2) is 9.78 Å². The number of carboxylic acid groups (broad SMARTS) is 1. The molecule has 4 rings (SSSR count). The molecule has 0 atom stereocenters. The summed E-state index contributed by atoms with van der Waals surface area (Å²) in [6.45, 7) is 4.67. The number of imidazole rings is 1. The van der Waals surface area contributed by atoms with Gasteiger partial charge in [-0.3, -0.25) is 4.90 Å². The fourth-order valence-electron chi connectivity index (χ4n) is 3.91. The van der Waals surface area contributed by atoms with Crippen molar-refractivity contribution in [2.24, 2.45) is 0 Å². The lowest BCUT2D eigenvalue weighted by molar-refractivity contribution is 0.190. The van der Waals surface area contributed by atoms with Crippen molar-refractivity contribution in [2.75, 3.05) is 58.4 Å². The molecule has 186 valence electrons. The van der Waals surface area contributed by atoms with Gasteiger partial charge < -0.3 is 29.2 Å². The number of ether oxygens (including phenoxy) is 2. The van der Waals surface area contributed by atoms with E-state index in [2.05, 4.69) is 27.2 Å². The lowest BCUT2D eigenvalue weighted by Crippen LogP contribution is -2.48. The van der Waals surface area contributed by atoms with Gasteiger partial charge in [0.1, 0.15) is 17.1 Å². The molecule has 34 heavy (non-hydrogen) atoms. The number of pyridine rings is 1. The fraction of sp³-hybridized carbons (Fsp3) is 0.364. The minimum absolute atomic E-state index is 0. The maximum Gasteiger partial charge on any atom is 0.404 e. The van der Waals surface area contributed by atoms with Crippen molar-refractivity contribution in [3.8, 4) is 22.8 Å². The van der Waals surface area contributed by atoms with E-state index in [1.165, 1.54) is 0 Å². The third-order valence-electron chi connectivity index (χ3n) is 5.64. The van der Waals surface area contributed by atoms with Crippen LogP contribution in [0.15, 0.2) is 36.7 Å². The van der Waals surface area contributed by atoms with Crippen molar-refractivity contribution < 1.29 is 19.4 Å². The Bertz CT molecular complexity index is 1120. The van der Waals surface area contributed by atoms with Crippen LogP contribution in [0, 0.1) is 0 Å². The molecule has 1 amide bonds. The minimum Gasteiger partial charge on any atom is -0.496 e. The summed E-state index contributed by atoms with van der Waals surface area (Å²) in [7, 11) is 3.18. The second kappa shape index (κ2) is 12.2. The van der Waals surface area contributed by atoms with Crippen LogP contribution in [0.1, 0.15) is 0 Å². The quantitative estimate of drug-likeness (QED) is 0.477. The van der Waals surface area contributed by atoms with E-state index in [1.807, 2.05) is 16.8 Å². The molecule has 12 heteroatoms. The van der Waals surface area contributed by atoms with Crippen molar-refractivity contribution in [3.05, 3.63) is 41.7 Å². The van der Waals surface area contributed by atoms with E-state index < -0.39 is 6.09 Å². The summed E-state index contributed by atoms with van der Waals surface area (Å²) in [5.74, 6) is 1.19. The highest BCUT2D eigenvalue weighted by atomic mass is 35.5. The molecule has 1 aromatic carbocycles. The maximum absolute atomic E-state index is 10.6. The topological polar surface area (TPSA) is 91.6 Å². The SMILES string of the molecule is COc1cc(OC)c(-c2cn3ccc(N4CCN(CCNC(=O)O)CC4)cc3n2)cc1Cl.Cl.Cl. The van der Waals surface area contributed by atoms with Crippen LogP contribution < -0.4 is 19.7 Å². The van der Waals surface area contributed by atoms with Crippen LogP contribution in [0.4, 0.5) is 10.5 Å². The first-order valence-electron chi connectivity index (χ1n) is 10.3. The van der Waals surface area contributed by atoms with E-state index in [9.17, 15) is 4.79 Å². The Morgan fingerprint density at radius 1 is 1.12 bits per heavy atom. The second-order valence-corrected chi connectivity index (χ2v) is 7.93. The van der Waals surface area contributed by atoms with Gasteiger partial charge in [0.25, 0.3) is 0 Å². The maximum atomic E-state index is 10.6. The predicted molar refractivity (Wildman–Crippen MR) is 138 cm³/mol. The largest absolute Gasteiger partial charge is 0.496 e. The van der Waals surface area contributed by atoms with E-state index in [0.717, 1.165) is 55.3 Å². The zero-order valence-electron chi connectivity index (χ0n) is 18.9. The standard InChI is InChI=1S/C22H26ClN5O4.2ClH/c1-31-19-13-20(32-2)17(23)12-16(19)18-14-28-5-3-15(11-21(28)25-18)27-9-7-26(8-10-27)6-4-24-22(29)30;;/h3,5,11-14,24H,4,6-10H2,1-2H3,(H,29,30);2*1H. The number of nitrogens with zero attached hydrogens (tertiary/aromatic N) is 4. The van der Waals surface area contributed by atoms with Crippen LogP contribution in [-0.4, -0.2) is 79.0 Å². The molecule has 0 spiro atoms. The Morgan fingerprint density at radius 3 is 2.47 bits per heavy atom.